The monoisotopic (exact) mass is 295 g/mol. The molecule has 0 radical (unpaired) electrons. The lowest BCUT2D eigenvalue weighted by molar-refractivity contribution is 0.862. The number of rotatable bonds is 3. The SMILES string of the molecule is Cc1cnc(C)c(N[C@@H](C)c2ccc(Cl)cc2Cl)n1. The molecule has 0 aliphatic carbocycles. The molecule has 2 aromatic rings. The summed E-state index contributed by atoms with van der Waals surface area (Å²) in [6, 6.07) is 5.52. The molecule has 1 aromatic heterocycles. The molecule has 1 atom stereocenters. The highest BCUT2D eigenvalue weighted by molar-refractivity contribution is 6.35. The summed E-state index contributed by atoms with van der Waals surface area (Å²) < 4.78 is 0. The van der Waals surface area contributed by atoms with E-state index in [0.717, 1.165) is 22.8 Å². The van der Waals surface area contributed by atoms with Gasteiger partial charge in [0, 0.05) is 16.2 Å². The molecule has 0 aliphatic rings. The van der Waals surface area contributed by atoms with Gasteiger partial charge >= 0.3 is 0 Å². The third-order valence-electron chi connectivity index (χ3n) is 2.86. The molecular weight excluding hydrogens is 281 g/mol. The van der Waals surface area contributed by atoms with Gasteiger partial charge in [-0.1, -0.05) is 29.3 Å². The lowest BCUT2D eigenvalue weighted by Gasteiger charge is -2.17. The number of benzene rings is 1. The first-order chi connectivity index (χ1) is 8.97. The second-order valence-corrected chi connectivity index (χ2v) is 5.32. The summed E-state index contributed by atoms with van der Waals surface area (Å²) in [6.07, 6.45) is 1.75. The van der Waals surface area contributed by atoms with E-state index in [2.05, 4.69) is 15.3 Å². The normalized spacial score (nSPS) is 12.3. The summed E-state index contributed by atoms with van der Waals surface area (Å²) in [6.45, 7) is 5.86. The molecule has 0 aliphatic heterocycles. The van der Waals surface area contributed by atoms with Crippen LogP contribution >= 0.6 is 23.2 Å². The molecule has 5 heteroatoms. The second kappa shape index (κ2) is 5.76. The fraction of sp³-hybridized carbons (Fsp3) is 0.286. The van der Waals surface area contributed by atoms with E-state index in [9.17, 15) is 0 Å². The van der Waals surface area contributed by atoms with Crippen molar-refractivity contribution >= 4 is 29.0 Å². The van der Waals surface area contributed by atoms with Crippen molar-refractivity contribution in [2.45, 2.75) is 26.8 Å². The van der Waals surface area contributed by atoms with Crippen LogP contribution in [0.5, 0.6) is 0 Å². The average Bonchev–Trinajstić information content (AvgIpc) is 2.33. The number of nitrogens with zero attached hydrogens (tertiary/aromatic N) is 2. The molecule has 3 nitrogen and oxygen atoms in total. The summed E-state index contributed by atoms with van der Waals surface area (Å²) in [4.78, 5) is 8.73. The Kier molecular flexibility index (Phi) is 4.27. The van der Waals surface area contributed by atoms with Crippen molar-refractivity contribution in [3.8, 4) is 0 Å². The van der Waals surface area contributed by atoms with E-state index in [1.54, 1.807) is 12.3 Å². The number of aryl methyl sites for hydroxylation is 2. The van der Waals surface area contributed by atoms with Gasteiger partial charge in [-0.05, 0) is 38.5 Å². The zero-order valence-corrected chi connectivity index (χ0v) is 12.5. The molecule has 0 bridgehead atoms. The van der Waals surface area contributed by atoms with Crippen LogP contribution in [0.25, 0.3) is 0 Å². The quantitative estimate of drug-likeness (QED) is 0.901. The topological polar surface area (TPSA) is 37.8 Å². The molecule has 1 aromatic carbocycles. The summed E-state index contributed by atoms with van der Waals surface area (Å²) in [5.41, 5.74) is 2.72. The van der Waals surface area contributed by atoms with Crippen molar-refractivity contribution in [1.29, 1.82) is 0 Å². The minimum Gasteiger partial charge on any atom is -0.362 e. The second-order valence-electron chi connectivity index (χ2n) is 4.48. The Hall–Kier alpha value is -1.32. The minimum absolute atomic E-state index is 0.0274. The molecule has 1 N–H and O–H groups in total. The lowest BCUT2D eigenvalue weighted by atomic mass is 10.1. The zero-order chi connectivity index (χ0) is 14.0. The fourth-order valence-corrected chi connectivity index (χ4v) is 2.38. The molecule has 0 fully saturated rings. The first kappa shape index (κ1) is 14.1. The molecule has 0 amide bonds. The summed E-state index contributed by atoms with van der Waals surface area (Å²) >= 11 is 12.1. The Morgan fingerprint density at radius 2 is 1.95 bits per heavy atom. The number of hydrogen-bond acceptors (Lipinski definition) is 3. The van der Waals surface area contributed by atoms with E-state index in [0.29, 0.717) is 10.0 Å². The summed E-state index contributed by atoms with van der Waals surface area (Å²) in [5.74, 6) is 0.776. The van der Waals surface area contributed by atoms with Gasteiger partial charge < -0.3 is 5.32 Å². The zero-order valence-electron chi connectivity index (χ0n) is 11.0. The first-order valence-corrected chi connectivity index (χ1v) is 6.74. The summed E-state index contributed by atoms with van der Waals surface area (Å²) in [7, 11) is 0. The lowest BCUT2D eigenvalue weighted by Crippen LogP contribution is -2.11. The standard InChI is InChI=1S/C14H15Cl2N3/c1-8-7-17-10(3)14(18-8)19-9(2)12-5-4-11(15)6-13(12)16/h4-7,9H,1-3H3,(H,18,19)/t9-/m0/s1. The van der Waals surface area contributed by atoms with Crippen LogP contribution in [0.3, 0.4) is 0 Å². The molecule has 1 heterocycles. The average molecular weight is 296 g/mol. The van der Waals surface area contributed by atoms with Gasteiger partial charge in [-0.15, -0.1) is 0 Å². The van der Waals surface area contributed by atoms with E-state index in [4.69, 9.17) is 23.2 Å². The van der Waals surface area contributed by atoms with Crippen LogP contribution in [-0.4, -0.2) is 9.97 Å². The Morgan fingerprint density at radius 3 is 2.63 bits per heavy atom. The molecule has 2 rings (SSSR count). The van der Waals surface area contributed by atoms with Crippen LogP contribution in [0.1, 0.15) is 29.9 Å². The van der Waals surface area contributed by atoms with Crippen LogP contribution in [0.15, 0.2) is 24.4 Å². The van der Waals surface area contributed by atoms with Crippen LogP contribution < -0.4 is 5.32 Å². The highest BCUT2D eigenvalue weighted by atomic mass is 35.5. The summed E-state index contributed by atoms with van der Waals surface area (Å²) in [5, 5.41) is 4.60. The van der Waals surface area contributed by atoms with Gasteiger partial charge in [-0.2, -0.15) is 0 Å². The highest BCUT2D eigenvalue weighted by Gasteiger charge is 2.12. The smallest absolute Gasteiger partial charge is 0.148 e. The van der Waals surface area contributed by atoms with Crippen LogP contribution in [0.4, 0.5) is 5.82 Å². The third kappa shape index (κ3) is 3.37. The van der Waals surface area contributed by atoms with Crippen LogP contribution in [0, 0.1) is 13.8 Å². The Bertz CT molecular complexity index is 599. The molecule has 0 unspecified atom stereocenters. The number of nitrogens with one attached hydrogen (secondary N) is 1. The van der Waals surface area contributed by atoms with Crippen molar-refractivity contribution in [2.24, 2.45) is 0 Å². The van der Waals surface area contributed by atoms with Crippen LogP contribution in [-0.2, 0) is 0 Å². The maximum Gasteiger partial charge on any atom is 0.148 e. The molecule has 0 spiro atoms. The van der Waals surface area contributed by atoms with E-state index in [1.165, 1.54) is 0 Å². The predicted octanol–water partition coefficient (Wildman–Crippen LogP) is 4.57. The maximum absolute atomic E-state index is 6.20. The molecule has 0 saturated carbocycles. The largest absolute Gasteiger partial charge is 0.362 e. The van der Waals surface area contributed by atoms with Crippen molar-refractivity contribution in [3.05, 3.63) is 51.4 Å². The minimum atomic E-state index is 0.0274. The van der Waals surface area contributed by atoms with Gasteiger partial charge in [0.1, 0.15) is 5.82 Å². The van der Waals surface area contributed by atoms with E-state index < -0.39 is 0 Å². The number of anilines is 1. The molecule has 100 valence electrons. The fourth-order valence-electron chi connectivity index (χ4n) is 1.81. The van der Waals surface area contributed by atoms with E-state index >= 15 is 0 Å². The Balaban J connectivity index is 2.25. The van der Waals surface area contributed by atoms with Crippen molar-refractivity contribution in [3.63, 3.8) is 0 Å². The number of halogens is 2. The molecular formula is C14H15Cl2N3. The van der Waals surface area contributed by atoms with Gasteiger partial charge in [-0.3, -0.25) is 4.98 Å². The highest BCUT2D eigenvalue weighted by Crippen LogP contribution is 2.28. The van der Waals surface area contributed by atoms with Gasteiger partial charge in [-0.25, -0.2) is 4.98 Å². The Morgan fingerprint density at radius 1 is 1.21 bits per heavy atom. The van der Waals surface area contributed by atoms with E-state index in [1.807, 2.05) is 32.9 Å². The van der Waals surface area contributed by atoms with Crippen molar-refractivity contribution in [2.75, 3.05) is 5.32 Å². The molecule has 0 saturated heterocycles. The maximum atomic E-state index is 6.20. The van der Waals surface area contributed by atoms with Crippen molar-refractivity contribution in [1.82, 2.24) is 9.97 Å². The molecule has 19 heavy (non-hydrogen) atoms. The van der Waals surface area contributed by atoms with Crippen molar-refractivity contribution < 1.29 is 0 Å². The van der Waals surface area contributed by atoms with Gasteiger partial charge in [0.2, 0.25) is 0 Å². The Labute approximate surface area is 123 Å². The van der Waals surface area contributed by atoms with Gasteiger partial charge in [0.05, 0.1) is 17.4 Å². The number of aromatic nitrogens is 2. The van der Waals surface area contributed by atoms with Gasteiger partial charge in [0.25, 0.3) is 0 Å². The predicted molar refractivity (Wildman–Crippen MR) is 80.0 cm³/mol. The van der Waals surface area contributed by atoms with Gasteiger partial charge in [0.15, 0.2) is 0 Å². The van der Waals surface area contributed by atoms with Crippen LogP contribution in [0.2, 0.25) is 10.0 Å². The first-order valence-electron chi connectivity index (χ1n) is 5.99. The number of hydrogen-bond donors (Lipinski definition) is 1. The third-order valence-corrected chi connectivity index (χ3v) is 3.42. The van der Waals surface area contributed by atoms with E-state index in [-0.39, 0.29) is 6.04 Å².